The summed E-state index contributed by atoms with van der Waals surface area (Å²) in [6.07, 6.45) is 6.88. The number of anilines is 2. The predicted molar refractivity (Wildman–Crippen MR) is 48.6 cm³/mol. The first-order chi connectivity index (χ1) is 6.45. The standard InChI is InChI=1S/C9H7N3O/c1-2-7-9(10-3-1)12-4-5-13-6-8(12)11-7/h1-6,11H. The number of ether oxygens (including phenoxy) is 1. The van der Waals surface area contributed by atoms with E-state index in [2.05, 4.69) is 10.3 Å². The zero-order valence-electron chi connectivity index (χ0n) is 6.77. The normalized spacial score (nSPS) is 16.9. The van der Waals surface area contributed by atoms with Crippen LogP contribution in [0.3, 0.4) is 0 Å². The Kier molecular flexibility index (Phi) is 1.14. The summed E-state index contributed by atoms with van der Waals surface area (Å²) in [5.74, 6) is 1.81. The summed E-state index contributed by atoms with van der Waals surface area (Å²) >= 11 is 0. The molecule has 3 heterocycles. The van der Waals surface area contributed by atoms with Crippen LogP contribution in [0.2, 0.25) is 0 Å². The number of nitrogens with one attached hydrogen (secondary N) is 1. The van der Waals surface area contributed by atoms with Crippen molar-refractivity contribution in [3.63, 3.8) is 0 Å². The van der Waals surface area contributed by atoms with E-state index >= 15 is 0 Å². The first kappa shape index (κ1) is 6.54. The molecule has 13 heavy (non-hydrogen) atoms. The minimum atomic E-state index is 0.899. The molecule has 0 unspecified atom stereocenters. The molecule has 0 amide bonds. The van der Waals surface area contributed by atoms with Gasteiger partial charge >= 0.3 is 0 Å². The Morgan fingerprint density at radius 3 is 3.46 bits per heavy atom. The maximum absolute atomic E-state index is 5.04. The van der Waals surface area contributed by atoms with Gasteiger partial charge in [-0.15, -0.1) is 0 Å². The fraction of sp³-hybridized carbons (Fsp3) is 0. The van der Waals surface area contributed by atoms with Crippen molar-refractivity contribution in [3.05, 3.63) is 42.9 Å². The highest BCUT2D eigenvalue weighted by atomic mass is 16.5. The largest absolute Gasteiger partial charge is 0.467 e. The highest BCUT2D eigenvalue weighted by Crippen LogP contribution is 2.35. The lowest BCUT2D eigenvalue weighted by Gasteiger charge is -2.15. The van der Waals surface area contributed by atoms with Crippen LogP contribution in [0, 0.1) is 0 Å². The Morgan fingerprint density at radius 2 is 2.46 bits per heavy atom. The molecule has 0 fully saturated rings. The van der Waals surface area contributed by atoms with Gasteiger partial charge in [-0.25, -0.2) is 4.98 Å². The molecule has 2 aliphatic rings. The van der Waals surface area contributed by atoms with Crippen molar-refractivity contribution in [2.75, 3.05) is 10.2 Å². The topological polar surface area (TPSA) is 37.4 Å². The van der Waals surface area contributed by atoms with Crippen molar-refractivity contribution in [2.45, 2.75) is 0 Å². The van der Waals surface area contributed by atoms with Gasteiger partial charge in [0, 0.05) is 12.4 Å². The summed E-state index contributed by atoms with van der Waals surface area (Å²) in [4.78, 5) is 6.20. The first-order valence-electron chi connectivity index (χ1n) is 3.99. The average Bonchev–Trinajstić information content (AvgIpc) is 2.56. The molecule has 64 valence electrons. The fourth-order valence-electron chi connectivity index (χ4n) is 1.44. The lowest BCUT2D eigenvalue weighted by molar-refractivity contribution is 0.389. The van der Waals surface area contributed by atoms with Crippen LogP contribution >= 0.6 is 0 Å². The smallest absolute Gasteiger partial charge is 0.162 e. The van der Waals surface area contributed by atoms with Crippen molar-refractivity contribution < 1.29 is 4.74 Å². The molecular weight excluding hydrogens is 166 g/mol. The van der Waals surface area contributed by atoms with Gasteiger partial charge in [0.25, 0.3) is 0 Å². The van der Waals surface area contributed by atoms with Gasteiger partial charge in [0.05, 0.1) is 5.69 Å². The Hall–Kier alpha value is -1.97. The van der Waals surface area contributed by atoms with Crippen LogP contribution in [-0.4, -0.2) is 4.98 Å². The van der Waals surface area contributed by atoms with Gasteiger partial charge in [-0.3, -0.25) is 4.90 Å². The van der Waals surface area contributed by atoms with Crippen LogP contribution in [0.15, 0.2) is 42.9 Å². The van der Waals surface area contributed by atoms with Crippen molar-refractivity contribution in [1.82, 2.24) is 4.98 Å². The van der Waals surface area contributed by atoms with Crippen LogP contribution in [0.5, 0.6) is 0 Å². The van der Waals surface area contributed by atoms with E-state index in [0.717, 1.165) is 17.3 Å². The molecule has 4 heteroatoms. The van der Waals surface area contributed by atoms with Crippen molar-refractivity contribution in [1.29, 1.82) is 0 Å². The van der Waals surface area contributed by atoms with Crippen molar-refractivity contribution in [2.24, 2.45) is 0 Å². The number of aromatic nitrogens is 1. The third kappa shape index (κ3) is 0.823. The molecule has 0 aliphatic carbocycles. The van der Waals surface area contributed by atoms with Gasteiger partial charge in [-0.05, 0) is 12.1 Å². The molecule has 0 saturated heterocycles. The Balaban J connectivity index is 2.16. The number of rotatable bonds is 0. The van der Waals surface area contributed by atoms with Crippen molar-refractivity contribution >= 4 is 11.5 Å². The predicted octanol–water partition coefficient (Wildman–Crippen LogP) is 1.61. The lowest BCUT2D eigenvalue weighted by atomic mass is 10.4. The van der Waals surface area contributed by atoms with Gasteiger partial charge in [-0.1, -0.05) is 0 Å². The van der Waals surface area contributed by atoms with Gasteiger partial charge in [0.2, 0.25) is 0 Å². The molecule has 1 aromatic heterocycles. The summed E-state index contributed by atoms with van der Waals surface area (Å²) in [6, 6.07) is 3.88. The number of fused-ring (bicyclic) bond motifs is 3. The van der Waals surface area contributed by atoms with Crippen LogP contribution in [0.25, 0.3) is 0 Å². The molecule has 0 spiro atoms. The quantitative estimate of drug-likeness (QED) is 0.646. The highest BCUT2D eigenvalue weighted by molar-refractivity contribution is 5.78. The van der Waals surface area contributed by atoms with E-state index in [9.17, 15) is 0 Å². The third-order valence-electron chi connectivity index (χ3n) is 2.01. The van der Waals surface area contributed by atoms with E-state index in [1.807, 2.05) is 23.2 Å². The maximum Gasteiger partial charge on any atom is 0.162 e. The zero-order chi connectivity index (χ0) is 8.67. The molecule has 0 aromatic carbocycles. The second-order valence-electron chi connectivity index (χ2n) is 2.79. The minimum Gasteiger partial charge on any atom is -0.467 e. The molecule has 2 aliphatic heterocycles. The SMILES string of the molecule is C1=CN2C(=CO1)Nc1cccnc12. The van der Waals surface area contributed by atoms with Crippen LogP contribution in [0.1, 0.15) is 0 Å². The van der Waals surface area contributed by atoms with E-state index in [0.29, 0.717) is 0 Å². The number of pyridine rings is 1. The average molecular weight is 173 g/mol. The maximum atomic E-state index is 5.04. The second-order valence-corrected chi connectivity index (χ2v) is 2.79. The number of nitrogens with zero attached hydrogens (tertiary/aromatic N) is 2. The molecular formula is C9H7N3O. The number of hydrogen-bond acceptors (Lipinski definition) is 4. The Labute approximate surface area is 75.1 Å². The van der Waals surface area contributed by atoms with E-state index in [1.165, 1.54) is 0 Å². The van der Waals surface area contributed by atoms with Crippen LogP contribution in [0.4, 0.5) is 11.5 Å². The molecule has 4 nitrogen and oxygen atoms in total. The first-order valence-corrected chi connectivity index (χ1v) is 3.99. The van der Waals surface area contributed by atoms with Crippen molar-refractivity contribution in [3.8, 4) is 0 Å². The van der Waals surface area contributed by atoms with Gasteiger partial charge < -0.3 is 10.1 Å². The minimum absolute atomic E-state index is 0.899. The van der Waals surface area contributed by atoms with Crippen LogP contribution < -0.4 is 10.2 Å². The van der Waals surface area contributed by atoms with E-state index in [1.54, 1.807) is 18.7 Å². The summed E-state index contributed by atoms with van der Waals surface area (Å²) in [6.45, 7) is 0. The molecule has 0 bridgehead atoms. The van der Waals surface area contributed by atoms with Crippen LogP contribution in [-0.2, 0) is 4.74 Å². The van der Waals surface area contributed by atoms with Gasteiger partial charge in [0.15, 0.2) is 11.6 Å². The summed E-state index contributed by atoms with van der Waals surface area (Å²) in [5, 5.41) is 3.18. The molecule has 0 saturated carbocycles. The highest BCUT2D eigenvalue weighted by Gasteiger charge is 2.24. The molecule has 1 aromatic rings. The summed E-state index contributed by atoms with van der Waals surface area (Å²) in [7, 11) is 0. The molecule has 1 N–H and O–H groups in total. The Bertz CT molecular complexity index is 411. The van der Waals surface area contributed by atoms with E-state index < -0.39 is 0 Å². The Morgan fingerprint density at radius 1 is 1.46 bits per heavy atom. The zero-order valence-corrected chi connectivity index (χ0v) is 6.77. The summed E-state index contributed by atoms with van der Waals surface area (Å²) < 4.78 is 5.04. The van der Waals surface area contributed by atoms with E-state index in [-0.39, 0.29) is 0 Å². The lowest BCUT2D eigenvalue weighted by Crippen LogP contribution is -2.16. The number of hydrogen-bond donors (Lipinski definition) is 1. The van der Waals surface area contributed by atoms with Gasteiger partial charge in [-0.2, -0.15) is 0 Å². The third-order valence-corrected chi connectivity index (χ3v) is 2.01. The molecule has 0 radical (unpaired) electrons. The van der Waals surface area contributed by atoms with E-state index in [4.69, 9.17) is 4.74 Å². The monoisotopic (exact) mass is 173 g/mol. The molecule has 0 atom stereocenters. The van der Waals surface area contributed by atoms with Gasteiger partial charge in [0.1, 0.15) is 12.5 Å². The molecule has 3 rings (SSSR count). The summed E-state index contributed by atoms with van der Waals surface area (Å²) in [5.41, 5.74) is 1.00. The second kappa shape index (κ2) is 2.26. The fourth-order valence-corrected chi connectivity index (χ4v) is 1.44.